The maximum atomic E-state index is 12.4. The van der Waals surface area contributed by atoms with E-state index in [4.69, 9.17) is 20.8 Å². The van der Waals surface area contributed by atoms with E-state index in [1.54, 1.807) is 42.6 Å². The topological polar surface area (TPSA) is 64.7 Å². The molecule has 4 aromatic carbocycles. The van der Waals surface area contributed by atoms with Gasteiger partial charge in [-0.3, -0.25) is 4.99 Å². The number of esters is 1. The molecular formula is C27H16ClIN2O3. The summed E-state index contributed by atoms with van der Waals surface area (Å²) in [5.74, 6) is 0.595. The van der Waals surface area contributed by atoms with Crippen LogP contribution in [0.4, 0.5) is 5.69 Å². The van der Waals surface area contributed by atoms with E-state index >= 15 is 0 Å². The van der Waals surface area contributed by atoms with E-state index in [0.29, 0.717) is 33.3 Å². The second kappa shape index (κ2) is 9.79. The fourth-order valence-corrected chi connectivity index (χ4v) is 4.08. The van der Waals surface area contributed by atoms with E-state index in [1.165, 1.54) is 0 Å². The number of aliphatic imine (C=N–C) groups is 1. The Morgan fingerprint density at radius 1 is 0.971 bits per heavy atom. The van der Waals surface area contributed by atoms with Gasteiger partial charge in [0.15, 0.2) is 5.58 Å². The largest absolute Gasteiger partial charge is 0.436 e. The van der Waals surface area contributed by atoms with Crippen molar-refractivity contribution in [2.75, 3.05) is 0 Å². The molecule has 0 saturated carbocycles. The number of rotatable bonds is 5. The predicted octanol–water partition coefficient (Wildman–Crippen LogP) is 7.72. The molecular weight excluding hydrogens is 563 g/mol. The summed E-state index contributed by atoms with van der Waals surface area (Å²) in [6.45, 7) is 0. The molecule has 0 unspecified atom stereocenters. The summed E-state index contributed by atoms with van der Waals surface area (Å²) in [4.78, 5) is 21.5. The molecule has 34 heavy (non-hydrogen) atoms. The van der Waals surface area contributed by atoms with Crippen LogP contribution in [0.2, 0.25) is 5.02 Å². The van der Waals surface area contributed by atoms with Crippen molar-refractivity contribution in [3.63, 3.8) is 0 Å². The molecule has 1 aromatic heterocycles. The quantitative estimate of drug-likeness (QED) is 0.0927. The number of halogens is 2. The maximum Gasteiger partial charge on any atom is 0.344 e. The molecule has 0 N–H and O–H groups in total. The van der Waals surface area contributed by atoms with Crippen LogP contribution in [0.3, 0.4) is 0 Å². The van der Waals surface area contributed by atoms with Crippen molar-refractivity contribution in [1.29, 1.82) is 0 Å². The van der Waals surface area contributed by atoms with E-state index < -0.39 is 0 Å². The molecule has 0 bridgehead atoms. The first-order valence-electron chi connectivity index (χ1n) is 10.3. The van der Waals surface area contributed by atoms with E-state index in [9.17, 15) is 4.79 Å². The smallest absolute Gasteiger partial charge is 0.344 e. The Bertz CT molecular complexity index is 1530. The van der Waals surface area contributed by atoms with Crippen molar-refractivity contribution >= 4 is 63.2 Å². The van der Waals surface area contributed by atoms with Gasteiger partial charge in [0.1, 0.15) is 11.3 Å². The van der Waals surface area contributed by atoms with Crippen molar-refractivity contribution in [1.82, 2.24) is 4.98 Å². The fourth-order valence-electron chi connectivity index (χ4n) is 3.30. The fraction of sp³-hybridized carbons (Fsp3) is 0. The normalized spacial score (nSPS) is 11.2. The number of oxazole rings is 1. The van der Waals surface area contributed by atoms with Gasteiger partial charge in [-0.2, -0.15) is 0 Å². The lowest BCUT2D eigenvalue weighted by atomic mass is 10.2. The van der Waals surface area contributed by atoms with E-state index in [1.807, 2.05) is 54.6 Å². The summed E-state index contributed by atoms with van der Waals surface area (Å²) in [6, 6.07) is 27.5. The van der Waals surface area contributed by atoms with Crippen LogP contribution in [-0.2, 0) is 0 Å². The zero-order chi connectivity index (χ0) is 23.5. The SMILES string of the molecule is O=C(Oc1ccc(C=Nc2cccc(-c3nc4cc(Cl)ccc4o3)c2)cc1)c1ccccc1I. The molecule has 5 rings (SSSR count). The van der Waals surface area contributed by atoms with Crippen LogP contribution in [0.1, 0.15) is 15.9 Å². The molecule has 1 heterocycles. The van der Waals surface area contributed by atoms with Crippen LogP contribution < -0.4 is 4.74 Å². The first kappa shape index (κ1) is 22.3. The van der Waals surface area contributed by atoms with Gasteiger partial charge in [-0.25, -0.2) is 9.78 Å². The minimum atomic E-state index is -0.385. The molecule has 0 atom stereocenters. The lowest BCUT2D eigenvalue weighted by Gasteiger charge is -2.06. The molecule has 0 fully saturated rings. The van der Waals surface area contributed by atoms with Crippen LogP contribution >= 0.6 is 34.2 Å². The van der Waals surface area contributed by atoms with E-state index in [0.717, 1.165) is 20.4 Å². The molecule has 5 aromatic rings. The van der Waals surface area contributed by atoms with Gasteiger partial charge in [0, 0.05) is 20.4 Å². The summed E-state index contributed by atoms with van der Waals surface area (Å²) in [6.07, 6.45) is 1.75. The highest BCUT2D eigenvalue weighted by Gasteiger charge is 2.12. The van der Waals surface area contributed by atoms with Gasteiger partial charge in [-0.15, -0.1) is 0 Å². The summed E-state index contributed by atoms with van der Waals surface area (Å²) in [5.41, 5.74) is 4.37. The van der Waals surface area contributed by atoms with Crippen LogP contribution in [0.5, 0.6) is 5.75 Å². The van der Waals surface area contributed by atoms with Gasteiger partial charge < -0.3 is 9.15 Å². The standard InChI is InChI=1S/C27H16ClIN2O3/c28-19-10-13-25-24(15-19)31-26(34-25)18-4-3-5-20(14-18)30-16-17-8-11-21(12-9-17)33-27(32)22-6-1-2-7-23(22)29/h1-16H. The maximum absolute atomic E-state index is 12.4. The zero-order valence-corrected chi connectivity index (χ0v) is 20.5. The molecule has 0 amide bonds. The number of hydrogen-bond acceptors (Lipinski definition) is 5. The summed E-state index contributed by atoms with van der Waals surface area (Å²) < 4.78 is 12.2. The van der Waals surface area contributed by atoms with Crippen molar-refractivity contribution in [2.45, 2.75) is 0 Å². The highest BCUT2D eigenvalue weighted by Crippen LogP contribution is 2.28. The van der Waals surface area contributed by atoms with E-state index in [2.05, 4.69) is 32.6 Å². The number of aromatic nitrogens is 1. The molecule has 0 saturated heterocycles. The summed E-state index contributed by atoms with van der Waals surface area (Å²) in [7, 11) is 0. The Morgan fingerprint density at radius 3 is 2.62 bits per heavy atom. The van der Waals surface area contributed by atoms with Gasteiger partial charge in [0.2, 0.25) is 5.89 Å². The number of fused-ring (bicyclic) bond motifs is 1. The number of carbonyl (C=O) groups is 1. The second-order valence-electron chi connectivity index (χ2n) is 7.38. The highest BCUT2D eigenvalue weighted by atomic mass is 127. The number of hydrogen-bond donors (Lipinski definition) is 0. The van der Waals surface area contributed by atoms with Crippen molar-refractivity contribution in [2.24, 2.45) is 4.99 Å². The number of carbonyl (C=O) groups excluding carboxylic acids is 1. The Balaban J connectivity index is 1.29. The number of ether oxygens (including phenoxy) is 1. The minimum absolute atomic E-state index is 0.385. The molecule has 0 aliphatic carbocycles. The molecule has 5 nitrogen and oxygen atoms in total. The van der Waals surface area contributed by atoms with E-state index in [-0.39, 0.29) is 5.97 Å². The van der Waals surface area contributed by atoms with Crippen LogP contribution in [0.15, 0.2) is 100 Å². The van der Waals surface area contributed by atoms with Crippen LogP contribution in [0, 0.1) is 3.57 Å². The number of benzene rings is 4. The van der Waals surface area contributed by atoms with Gasteiger partial charge in [-0.1, -0.05) is 29.8 Å². The van der Waals surface area contributed by atoms with Crippen molar-refractivity contribution in [3.05, 3.63) is 111 Å². The van der Waals surface area contributed by atoms with Gasteiger partial charge in [-0.05, 0) is 101 Å². The zero-order valence-electron chi connectivity index (χ0n) is 17.6. The highest BCUT2D eigenvalue weighted by molar-refractivity contribution is 14.1. The molecule has 166 valence electrons. The molecule has 0 aliphatic heterocycles. The Morgan fingerprint density at radius 2 is 1.79 bits per heavy atom. The lowest BCUT2D eigenvalue weighted by Crippen LogP contribution is -2.10. The summed E-state index contributed by atoms with van der Waals surface area (Å²) >= 11 is 8.16. The Kier molecular flexibility index (Phi) is 6.42. The van der Waals surface area contributed by atoms with Crippen LogP contribution in [-0.4, -0.2) is 17.2 Å². The average Bonchev–Trinajstić information content (AvgIpc) is 3.27. The first-order valence-corrected chi connectivity index (χ1v) is 11.8. The van der Waals surface area contributed by atoms with Crippen molar-refractivity contribution < 1.29 is 13.9 Å². The van der Waals surface area contributed by atoms with Gasteiger partial charge in [0.25, 0.3) is 0 Å². The van der Waals surface area contributed by atoms with Crippen molar-refractivity contribution in [3.8, 4) is 17.2 Å². The number of nitrogens with zero attached hydrogens (tertiary/aromatic N) is 2. The minimum Gasteiger partial charge on any atom is -0.436 e. The first-order chi connectivity index (χ1) is 16.5. The molecule has 0 radical (unpaired) electrons. The summed E-state index contributed by atoms with van der Waals surface area (Å²) in [5, 5.41) is 0.612. The Labute approximate surface area is 214 Å². The Hall–Kier alpha value is -3.49. The molecule has 7 heteroatoms. The monoisotopic (exact) mass is 578 g/mol. The second-order valence-corrected chi connectivity index (χ2v) is 8.98. The third-order valence-electron chi connectivity index (χ3n) is 4.99. The molecule has 0 aliphatic rings. The third-order valence-corrected chi connectivity index (χ3v) is 6.17. The van der Waals surface area contributed by atoms with Gasteiger partial charge in [0.05, 0.1) is 11.3 Å². The average molecular weight is 579 g/mol. The lowest BCUT2D eigenvalue weighted by molar-refractivity contribution is 0.0733. The predicted molar refractivity (Wildman–Crippen MR) is 142 cm³/mol. The van der Waals surface area contributed by atoms with Crippen LogP contribution in [0.25, 0.3) is 22.6 Å². The van der Waals surface area contributed by atoms with Gasteiger partial charge >= 0.3 is 5.97 Å². The third kappa shape index (κ3) is 5.03. The molecule has 0 spiro atoms.